The third-order valence-corrected chi connectivity index (χ3v) is 2.44. The molecule has 76 valence electrons. The van der Waals surface area contributed by atoms with Crippen molar-refractivity contribution in [3.05, 3.63) is 0 Å². The summed E-state index contributed by atoms with van der Waals surface area (Å²) in [6.45, 7) is 6.99. The number of nitrogens with two attached hydrogens (primary N) is 1. The molecule has 1 aliphatic rings. The van der Waals surface area contributed by atoms with Crippen molar-refractivity contribution >= 4 is 5.84 Å². The molecule has 0 radical (unpaired) electrons. The first-order valence-electron chi connectivity index (χ1n) is 4.56. The van der Waals surface area contributed by atoms with Gasteiger partial charge in [0.1, 0.15) is 5.84 Å². The molecule has 0 spiro atoms. The van der Waals surface area contributed by atoms with Gasteiger partial charge in [-0.05, 0) is 11.8 Å². The molecule has 4 heteroatoms. The average molecular weight is 186 g/mol. The molecule has 1 fully saturated rings. The van der Waals surface area contributed by atoms with Crippen LogP contribution in [0.4, 0.5) is 0 Å². The maximum absolute atomic E-state index is 8.59. The number of amidine groups is 1. The van der Waals surface area contributed by atoms with Gasteiger partial charge in [-0.3, -0.25) is 0 Å². The second-order valence-corrected chi connectivity index (χ2v) is 4.58. The molecule has 0 aromatic heterocycles. The van der Waals surface area contributed by atoms with Crippen molar-refractivity contribution in [2.45, 2.75) is 33.3 Å². The Morgan fingerprint density at radius 1 is 1.54 bits per heavy atom. The molecule has 0 aromatic rings. The minimum absolute atomic E-state index is 0.0382. The second-order valence-electron chi connectivity index (χ2n) is 4.58. The summed E-state index contributed by atoms with van der Waals surface area (Å²) < 4.78 is 5.58. The summed E-state index contributed by atoms with van der Waals surface area (Å²) in [4.78, 5) is 0. The summed E-state index contributed by atoms with van der Waals surface area (Å²) >= 11 is 0. The van der Waals surface area contributed by atoms with Gasteiger partial charge in [-0.25, -0.2) is 0 Å². The molecule has 1 aliphatic heterocycles. The molecular weight excluding hydrogens is 168 g/mol. The highest BCUT2D eigenvalue weighted by Gasteiger charge is 2.39. The van der Waals surface area contributed by atoms with Crippen LogP contribution >= 0.6 is 0 Å². The van der Waals surface area contributed by atoms with Crippen molar-refractivity contribution in [1.82, 2.24) is 0 Å². The summed E-state index contributed by atoms with van der Waals surface area (Å²) in [6.07, 6.45) is 0.904. The van der Waals surface area contributed by atoms with Crippen LogP contribution in [-0.4, -0.2) is 23.8 Å². The molecule has 0 amide bonds. The molecule has 0 bridgehead atoms. The number of nitrogens with zero attached hydrogens (tertiary/aromatic N) is 1. The lowest BCUT2D eigenvalue weighted by Gasteiger charge is -2.30. The van der Waals surface area contributed by atoms with Gasteiger partial charge < -0.3 is 15.7 Å². The highest BCUT2D eigenvalue weighted by atomic mass is 16.5. The Kier molecular flexibility index (Phi) is 2.81. The fourth-order valence-corrected chi connectivity index (χ4v) is 1.82. The molecule has 1 heterocycles. The van der Waals surface area contributed by atoms with Crippen LogP contribution < -0.4 is 5.73 Å². The number of hydrogen-bond donors (Lipinski definition) is 2. The van der Waals surface area contributed by atoms with E-state index in [9.17, 15) is 0 Å². The fraction of sp³-hybridized carbons (Fsp3) is 0.889. The molecule has 1 rings (SSSR count). The van der Waals surface area contributed by atoms with E-state index in [-0.39, 0.29) is 23.3 Å². The number of oxime groups is 1. The lowest BCUT2D eigenvalue weighted by molar-refractivity contribution is 0.0181. The van der Waals surface area contributed by atoms with Crippen LogP contribution in [0.2, 0.25) is 0 Å². The van der Waals surface area contributed by atoms with Crippen LogP contribution in [0, 0.1) is 11.3 Å². The smallest absolute Gasteiger partial charge is 0.144 e. The van der Waals surface area contributed by atoms with Crippen LogP contribution in [0.1, 0.15) is 27.2 Å². The van der Waals surface area contributed by atoms with E-state index in [0.717, 1.165) is 6.42 Å². The zero-order valence-corrected chi connectivity index (χ0v) is 8.45. The third kappa shape index (κ3) is 2.12. The molecule has 13 heavy (non-hydrogen) atoms. The second kappa shape index (κ2) is 3.54. The summed E-state index contributed by atoms with van der Waals surface area (Å²) in [5.74, 6) is 0.349. The van der Waals surface area contributed by atoms with E-state index < -0.39 is 0 Å². The monoisotopic (exact) mass is 186 g/mol. The van der Waals surface area contributed by atoms with E-state index in [1.54, 1.807) is 0 Å². The topological polar surface area (TPSA) is 67.8 Å². The van der Waals surface area contributed by atoms with Gasteiger partial charge in [0.15, 0.2) is 0 Å². The van der Waals surface area contributed by atoms with Crippen LogP contribution in [0.5, 0.6) is 0 Å². The van der Waals surface area contributed by atoms with Crippen LogP contribution in [0.3, 0.4) is 0 Å². The van der Waals surface area contributed by atoms with Crippen molar-refractivity contribution in [3.8, 4) is 0 Å². The van der Waals surface area contributed by atoms with E-state index >= 15 is 0 Å². The maximum Gasteiger partial charge on any atom is 0.144 e. The Morgan fingerprint density at radius 2 is 2.15 bits per heavy atom. The molecule has 4 nitrogen and oxygen atoms in total. The number of ether oxygens (including phenoxy) is 1. The van der Waals surface area contributed by atoms with Crippen molar-refractivity contribution < 1.29 is 9.94 Å². The summed E-state index contributed by atoms with van der Waals surface area (Å²) in [6, 6.07) is 0. The lowest BCUT2D eigenvalue weighted by atomic mass is 9.81. The minimum Gasteiger partial charge on any atom is -0.409 e. The van der Waals surface area contributed by atoms with E-state index in [2.05, 4.69) is 25.9 Å². The Balaban J connectivity index is 2.76. The predicted octanol–water partition coefficient (Wildman–Crippen LogP) is 1.18. The zero-order chi connectivity index (χ0) is 10.1. The van der Waals surface area contributed by atoms with Crippen LogP contribution in [0.15, 0.2) is 5.16 Å². The first-order chi connectivity index (χ1) is 5.96. The van der Waals surface area contributed by atoms with Gasteiger partial charge in [-0.1, -0.05) is 25.9 Å². The van der Waals surface area contributed by atoms with Gasteiger partial charge in [-0.15, -0.1) is 0 Å². The number of hydrogen-bond acceptors (Lipinski definition) is 3. The standard InChI is InChI=1S/C9H18N2O2/c1-9(2,3)7-6(4-5-13-7)8(10)11-12/h6-7,12H,4-5H2,1-3H3,(H2,10,11)/t6-,7-/m1/s1. The summed E-state index contributed by atoms with van der Waals surface area (Å²) in [5.41, 5.74) is 5.62. The summed E-state index contributed by atoms with van der Waals surface area (Å²) in [7, 11) is 0. The average Bonchev–Trinajstić information content (AvgIpc) is 2.49. The van der Waals surface area contributed by atoms with Crippen LogP contribution in [-0.2, 0) is 4.74 Å². The van der Waals surface area contributed by atoms with E-state index in [1.807, 2.05) is 0 Å². The third-order valence-electron chi connectivity index (χ3n) is 2.44. The molecule has 0 aliphatic carbocycles. The SMILES string of the molecule is CC(C)(C)[C@@H]1OCC[C@H]1C(N)=NO. The first-order valence-corrected chi connectivity index (χ1v) is 4.56. The van der Waals surface area contributed by atoms with E-state index in [0.29, 0.717) is 6.61 Å². The Bertz CT molecular complexity index is 208. The van der Waals surface area contributed by atoms with Crippen molar-refractivity contribution in [2.75, 3.05) is 6.61 Å². The Hall–Kier alpha value is -0.770. The minimum atomic E-state index is 0.0382. The van der Waals surface area contributed by atoms with Gasteiger partial charge in [0, 0.05) is 12.5 Å². The van der Waals surface area contributed by atoms with Crippen molar-refractivity contribution in [2.24, 2.45) is 22.2 Å². The molecule has 0 aromatic carbocycles. The first kappa shape index (κ1) is 10.3. The lowest BCUT2D eigenvalue weighted by Crippen LogP contribution is -2.38. The fourth-order valence-electron chi connectivity index (χ4n) is 1.82. The van der Waals surface area contributed by atoms with Gasteiger partial charge >= 0.3 is 0 Å². The Labute approximate surface area is 78.7 Å². The maximum atomic E-state index is 8.59. The highest BCUT2D eigenvalue weighted by Crippen LogP contribution is 2.34. The molecule has 0 unspecified atom stereocenters. The van der Waals surface area contributed by atoms with Gasteiger partial charge in [0.05, 0.1) is 6.10 Å². The number of rotatable bonds is 1. The van der Waals surface area contributed by atoms with Gasteiger partial charge in [0.25, 0.3) is 0 Å². The quantitative estimate of drug-likeness (QED) is 0.280. The predicted molar refractivity (Wildman–Crippen MR) is 50.7 cm³/mol. The van der Waals surface area contributed by atoms with Crippen LogP contribution in [0.25, 0.3) is 0 Å². The summed E-state index contributed by atoms with van der Waals surface area (Å²) in [5, 5.41) is 11.6. The molecule has 1 saturated heterocycles. The van der Waals surface area contributed by atoms with Crippen molar-refractivity contribution in [3.63, 3.8) is 0 Å². The Morgan fingerprint density at radius 3 is 2.62 bits per heavy atom. The molecular formula is C9H18N2O2. The van der Waals surface area contributed by atoms with Crippen molar-refractivity contribution in [1.29, 1.82) is 0 Å². The van der Waals surface area contributed by atoms with Gasteiger partial charge in [0.2, 0.25) is 0 Å². The largest absolute Gasteiger partial charge is 0.409 e. The zero-order valence-electron chi connectivity index (χ0n) is 8.45. The van der Waals surface area contributed by atoms with E-state index in [4.69, 9.17) is 15.7 Å². The molecule has 0 saturated carbocycles. The van der Waals surface area contributed by atoms with E-state index in [1.165, 1.54) is 0 Å². The van der Waals surface area contributed by atoms with Gasteiger partial charge in [-0.2, -0.15) is 0 Å². The normalized spacial score (nSPS) is 30.8. The molecule has 3 N–H and O–H groups in total. The molecule has 2 atom stereocenters. The highest BCUT2D eigenvalue weighted by molar-refractivity contribution is 5.83.